The van der Waals surface area contributed by atoms with Gasteiger partial charge in [-0.25, -0.2) is 14.2 Å². The number of halogens is 4. The van der Waals surface area contributed by atoms with Crippen molar-refractivity contribution in [3.63, 3.8) is 0 Å². The summed E-state index contributed by atoms with van der Waals surface area (Å²) in [7, 11) is 4.20. The molecule has 8 rings (SSSR count). The van der Waals surface area contributed by atoms with Gasteiger partial charge in [0.05, 0.1) is 28.3 Å². The molecule has 0 atom stereocenters. The molecule has 0 amide bonds. The summed E-state index contributed by atoms with van der Waals surface area (Å²) >= 11 is 10.7. The second kappa shape index (κ2) is 17.3. The molecular weight excluding hydrogens is 864 g/mol. The third kappa shape index (κ3) is 8.82. The van der Waals surface area contributed by atoms with Crippen LogP contribution in [0, 0.1) is 5.82 Å². The van der Waals surface area contributed by atoms with Crippen molar-refractivity contribution in [1.82, 2.24) is 19.9 Å². The Labute approximate surface area is 329 Å². The third-order valence-electron chi connectivity index (χ3n) is 8.78. The molecule has 1 aliphatic heterocycles. The number of aromatic carboxylic acids is 1. The number of carbonyl (C=O) groups is 1. The molecule has 2 N–H and O–H groups in total. The van der Waals surface area contributed by atoms with Gasteiger partial charge in [-0.1, -0.05) is 62.2 Å². The standard InChI is InChI=1S/C22H14Br2N2.C17H18FN3O3.ClH.Cu/c23-18-9-7-15(8-10-18)21-13-17(16-4-3-5-19(24)12-16)14-22(26-21)20-6-1-2-11-25-20;18-13-7-11-14(8-15(13)20-5-3-19-4-6-20)21(10-1-2-10)9-12(16(11)22)17(23)24;;/h1-14H;7-10,19H,1-6H2,(H,23,24);1H;/q;;;+1/p-1. The second-order valence-corrected chi connectivity index (χ2v) is 14.1. The fraction of sp³-hybridized carbons (Fsp3) is 0.179. The van der Waals surface area contributed by atoms with Crippen LogP contribution < -0.4 is 15.6 Å². The van der Waals surface area contributed by atoms with Crippen LogP contribution in [0.5, 0.6) is 0 Å². The van der Waals surface area contributed by atoms with E-state index in [0.29, 0.717) is 24.3 Å². The molecule has 0 unspecified atom stereocenters. The van der Waals surface area contributed by atoms with Crippen molar-refractivity contribution in [3.05, 3.63) is 134 Å². The summed E-state index contributed by atoms with van der Waals surface area (Å²) in [5.41, 5.74) is 6.13. The predicted molar refractivity (Wildman–Crippen MR) is 208 cm³/mol. The number of benzene rings is 3. The van der Waals surface area contributed by atoms with Crippen LogP contribution in [0.4, 0.5) is 10.1 Å². The Hall–Kier alpha value is -3.90. The van der Waals surface area contributed by atoms with Crippen LogP contribution in [0.2, 0.25) is 0 Å². The van der Waals surface area contributed by atoms with Crippen LogP contribution in [0.1, 0.15) is 29.2 Å². The van der Waals surface area contributed by atoms with E-state index in [2.05, 4.69) is 104 Å². The number of aromatic nitrogens is 3. The van der Waals surface area contributed by atoms with Crippen molar-refractivity contribution in [2.75, 3.05) is 31.1 Å². The molecule has 6 aromatic rings. The molecule has 13 heteroatoms. The second-order valence-electron chi connectivity index (χ2n) is 12.2. The van der Waals surface area contributed by atoms with Crippen LogP contribution in [0.15, 0.2) is 117 Å². The Balaban J connectivity index is 0.000000171. The summed E-state index contributed by atoms with van der Waals surface area (Å²) in [6.07, 6.45) is 5.08. The number of carboxylic acids is 1. The van der Waals surface area contributed by atoms with E-state index in [1.54, 1.807) is 12.3 Å². The molecule has 52 heavy (non-hydrogen) atoms. The van der Waals surface area contributed by atoms with Gasteiger partial charge in [-0.05, 0) is 84.6 Å². The summed E-state index contributed by atoms with van der Waals surface area (Å²) in [6, 6.07) is 29.7. The topological polar surface area (TPSA) is 100 Å². The SMILES string of the molecule is Brc1ccc(-c2cc(-c3cccc(Br)c3)cc(-c3ccccn3)n2)cc1.O=C(O)c1cn(C2CC2)c2cc(N3CCNCC3)c(F)cc2c1=O.[Cl][Cu]. The molecule has 1 saturated carbocycles. The molecular formula is C39H32Br2ClCuFN5O3. The number of carboxylic acid groups (broad SMARTS) is 1. The fourth-order valence-corrected chi connectivity index (χ4v) is 6.76. The summed E-state index contributed by atoms with van der Waals surface area (Å²) in [5, 5.41) is 12.6. The van der Waals surface area contributed by atoms with Gasteiger partial charge in [-0.15, -0.1) is 0 Å². The van der Waals surface area contributed by atoms with E-state index in [-0.39, 0.29) is 17.0 Å². The van der Waals surface area contributed by atoms with Gasteiger partial charge in [0.25, 0.3) is 0 Å². The maximum absolute atomic E-state index is 14.6. The van der Waals surface area contributed by atoms with E-state index in [4.69, 9.17) is 4.98 Å². The summed E-state index contributed by atoms with van der Waals surface area (Å²) in [6.45, 7) is 2.96. The summed E-state index contributed by atoms with van der Waals surface area (Å²) < 4.78 is 18.5. The molecule has 2 fully saturated rings. The van der Waals surface area contributed by atoms with Gasteiger partial charge in [0, 0.05) is 64.5 Å². The average Bonchev–Trinajstić information content (AvgIpc) is 4.03. The van der Waals surface area contributed by atoms with Crippen molar-refractivity contribution in [2.24, 2.45) is 0 Å². The quantitative estimate of drug-likeness (QED) is 0.161. The molecule has 270 valence electrons. The number of fused-ring (bicyclic) bond motifs is 1. The van der Waals surface area contributed by atoms with Crippen LogP contribution in [-0.2, 0) is 15.1 Å². The average molecular weight is 897 g/mol. The Kier molecular flexibility index (Phi) is 12.6. The van der Waals surface area contributed by atoms with Crippen molar-refractivity contribution in [2.45, 2.75) is 18.9 Å². The van der Waals surface area contributed by atoms with Gasteiger partial charge >= 0.3 is 31.2 Å². The van der Waals surface area contributed by atoms with Crippen molar-refractivity contribution >= 4 is 64.5 Å². The molecule has 0 spiro atoms. The molecule has 4 heterocycles. The predicted octanol–water partition coefficient (Wildman–Crippen LogP) is 9.27. The Morgan fingerprint density at radius 2 is 1.58 bits per heavy atom. The van der Waals surface area contributed by atoms with E-state index in [9.17, 15) is 19.1 Å². The zero-order chi connectivity index (χ0) is 36.8. The zero-order valence-electron chi connectivity index (χ0n) is 27.5. The number of piperazine rings is 1. The molecule has 0 radical (unpaired) electrons. The molecule has 8 nitrogen and oxygen atoms in total. The molecule has 2 aliphatic rings. The van der Waals surface area contributed by atoms with E-state index in [0.717, 1.165) is 68.6 Å². The number of hydrogen-bond donors (Lipinski definition) is 2. The molecule has 3 aromatic carbocycles. The number of nitrogens with zero attached hydrogens (tertiary/aromatic N) is 4. The van der Waals surface area contributed by atoms with Crippen LogP contribution in [0.25, 0.3) is 44.7 Å². The van der Waals surface area contributed by atoms with Gasteiger partial charge in [-0.3, -0.25) is 9.78 Å². The number of pyridine rings is 3. The number of nitrogens with one attached hydrogen (secondary N) is 1. The van der Waals surface area contributed by atoms with Gasteiger partial charge in [0.1, 0.15) is 11.4 Å². The van der Waals surface area contributed by atoms with Crippen molar-refractivity contribution in [1.29, 1.82) is 0 Å². The first-order valence-corrected chi connectivity index (χ1v) is 19.3. The normalized spacial score (nSPS) is 13.8. The van der Waals surface area contributed by atoms with Gasteiger partial charge in [0.2, 0.25) is 5.43 Å². The monoisotopic (exact) mass is 893 g/mol. The van der Waals surface area contributed by atoms with E-state index in [1.807, 2.05) is 51.9 Å². The summed E-state index contributed by atoms with van der Waals surface area (Å²) in [5.74, 6) is -1.76. The number of hydrogen-bond acceptors (Lipinski definition) is 6. The van der Waals surface area contributed by atoms with Crippen LogP contribution >= 0.6 is 42.0 Å². The van der Waals surface area contributed by atoms with Gasteiger partial charge in [-0.2, -0.15) is 0 Å². The minimum absolute atomic E-state index is 0.137. The van der Waals surface area contributed by atoms with Crippen LogP contribution in [-0.4, -0.2) is 51.8 Å². The van der Waals surface area contributed by atoms with Crippen LogP contribution in [0.3, 0.4) is 0 Å². The molecule has 1 saturated heterocycles. The fourth-order valence-electron chi connectivity index (χ4n) is 6.09. The van der Waals surface area contributed by atoms with E-state index < -0.39 is 17.2 Å². The van der Waals surface area contributed by atoms with E-state index >= 15 is 0 Å². The first-order chi connectivity index (χ1) is 25.2. The molecule has 3 aromatic heterocycles. The number of anilines is 1. The third-order valence-corrected chi connectivity index (χ3v) is 9.80. The minimum atomic E-state index is -1.28. The van der Waals surface area contributed by atoms with Crippen molar-refractivity contribution in [3.8, 4) is 33.8 Å². The van der Waals surface area contributed by atoms with Gasteiger partial charge < -0.3 is 19.9 Å². The first kappa shape index (κ1) is 37.8. The van der Waals surface area contributed by atoms with Crippen molar-refractivity contribution < 1.29 is 29.4 Å². The first-order valence-electron chi connectivity index (χ1n) is 16.4. The van der Waals surface area contributed by atoms with E-state index in [1.165, 1.54) is 12.3 Å². The molecule has 1 aliphatic carbocycles. The Bertz CT molecular complexity index is 2270. The number of rotatable bonds is 6. The Morgan fingerprint density at radius 3 is 2.23 bits per heavy atom. The maximum atomic E-state index is 14.6. The summed E-state index contributed by atoms with van der Waals surface area (Å²) in [4.78, 5) is 35.0. The Morgan fingerprint density at radius 1 is 0.846 bits per heavy atom. The van der Waals surface area contributed by atoms with Gasteiger partial charge in [0.15, 0.2) is 0 Å². The molecule has 0 bridgehead atoms. The zero-order valence-corrected chi connectivity index (χ0v) is 32.4.